The highest BCUT2D eigenvalue weighted by atomic mass is 19.4. The zero-order valence-corrected chi connectivity index (χ0v) is 10.8. The van der Waals surface area contributed by atoms with Crippen molar-refractivity contribution in [1.29, 1.82) is 0 Å². The largest absolute Gasteiger partial charge is 0.496 e. The molecule has 4 nitrogen and oxygen atoms in total. The molecule has 2 N–H and O–H groups in total. The summed E-state index contributed by atoms with van der Waals surface area (Å²) in [6, 6.07) is 5.31. The molecule has 1 aromatic carbocycles. The van der Waals surface area contributed by atoms with Gasteiger partial charge < -0.3 is 10.5 Å². The Hall–Kier alpha value is -2.02. The van der Waals surface area contributed by atoms with E-state index in [1.54, 1.807) is 18.2 Å². The fourth-order valence-corrected chi connectivity index (χ4v) is 1.87. The van der Waals surface area contributed by atoms with Crippen LogP contribution in [0.2, 0.25) is 0 Å². The van der Waals surface area contributed by atoms with E-state index in [4.69, 9.17) is 10.5 Å². The number of hydrogen-bond acceptors (Lipinski definition) is 3. The van der Waals surface area contributed by atoms with Gasteiger partial charge in [-0.05, 0) is 17.7 Å². The van der Waals surface area contributed by atoms with Gasteiger partial charge in [0.25, 0.3) is 0 Å². The van der Waals surface area contributed by atoms with Crippen molar-refractivity contribution >= 4 is 0 Å². The Balaban J connectivity index is 2.20. The third-order valence-corrected chi connectivity index (χ3v) is 2.87. The lowest BCUT2D eigenvalue weighted by Crippen LogP contribution is -2.05. The van der Waals surface area contributed by atoms with Crippen molar-refractivity contribution in [3.63, 3.8) is 0 Å². The molecule has 0 spiro atoms. The average Bonchev–Trinajstić information content (AvgIpc) is 2.87. The molecule has 2 rings (SSSR count). The van der Waals surface area contributed by atoms with Crippen molar-refractivity contribution in [3.05, 3.63) is 47.3 Å². The lowest BCUT2D eigenvalue weighted by molar-refractivity contribution is -0.137. The second-order valence-electron chi connectivity index (χ2n) is 4.27. The first-order valence-electron chi connectivity index (χ1n) is 5.89. The average molecular weight is 285 g/mol. The van der Waals surface area contributed by atoms with Crippen LogP contribution in [-0.2, 0) is 19.3 Å². The number of nitrogens with zero attached hydrogens (tertiary/aromatic N) is 2. The molecule has 20 heavy (non-hydrogen) atoms. The normalized spacial score (nSPS) is 11.7. The Morgan fingerprint density at radius 3 is 2.65 bits per heavy atom. The molecule has 0 unspecified atom stereocenters. The first-order valence-corrected chi connectivity index (χ1v) is 5.89. The lowest BCUT2D eigenvalue weighted by Gasteiger charge is -2.09. The van der Waals surface area contributed by atoms with Crippen molar-refractivity contribution in [2.75, 3.05) is 7.11 Å². The SMILES string of the molecule is COc1ccc(Cn2cc(C(F)(F)F)cn2)cc1CN. The maximum Gasteiger partial charge on any atom is 0.419 e. The molecule has 0 aliphatic carbocycles. The Kier molecular flexibility index (Phi) is 3.99. The highest BCUT2D eigenvalue weighted by Gasteiger charge is 2.32. The number of aromatic nitrogens is 2. The van der Waals surface area contributed by atoms with Crippen molar-refractivity contribution in [1.82, 2.24) is 9.78 Å². The minimum Gasteiger partial charge on any atom is -0.496 e. The standard InChI is InChI=1S/C13H14F3N3O/c1-20-12-3-2-9(4-10(12)5-17)7-19-8-11(6-18-19)13(14,15)16/h2-4,6,8H,5,7,17H2,1H3. The third kappa shape index (κ3) is 3.11. The molecular formula is C13H14F3N3O. The van der Waals surface area contributed by atoms with Gasteiger partial charge in [-0.2, -0.15) is 18.3 Å². The van der Waals surface area contributed by atoms with E-state index >= 15 is 0 Å². The quantitative estimate of drug-likeness (QED) is 0.938. The van der Waals surface area contributed by atoms with E-state index in [1.807, 2.05) is 0 Å². The minimum atomic E-state index is -4.37. The summed E-state index contributed by atoms with van der Waals surface area (Å²) in [5.41, 5.74) is 6.45. The van der Waals surface area contributed by atoms with Crippen LogP contribution in [0.5, 0.6) is 5.75 Å². The second-order valence-corrected chi connectivity index (χ2v) is 4.27. The number of alkyl halides is 3. The molecule has 0 radical (unpaired) electrons. The van der Waals surface area contributed by atoms with Crippen LogP contribution in [-0.4, -0.2) is 16.9 Å². The third-order valence-electron chi connectivity index (χ3n) is 2.87. The summed E-state index contributed by atoms with van der Waals surface area (Å²) in [5, 5.41) is 3.71. The predicted molar refractivity (Wildman–Crippen MR) is 67.2 cm³/mol. The van der Waals surface area contributed by atoms with Gasteiger partial charge in [0.1, 0.15) is 5.75 Å². The first-order chi connectivity index (χ1) is 9.44. The monoisotopic (exact) mass is 285 g/mol. The fourth-order valence-electron chi connectivity index (χ4n) is 1.87. The van der Waals surface area contributed by atoms with E-state index in [9.17, 15) is 13.2 Å². The first kappa shape index (κ1) is 14.4. The molecule has 0 atom stereocenters. The van der Waals surface area contributed by atoms with Gasteiger partial charge in [0.2, 0.25) is 0 Å². The van der Waals surface area contributed by atoms with Crippen LogP contribution in [0, 0.1) is 0 Å². The molecule has 7 heteroatoms. The Morgan fingerprint density at radius 2 is 2.10 bits per heavy atom. The zero-order valence-electron chi connectivity index (χ0n) is 10.8. The molecule has 0 bridgehead atoms. The molecule has 108 valence electrons. The number of ether oxygens (including phenoxy) is 1. The van der Waals surface area contributed by atoms with Crippen LogP contribution in [0.15, 0.2) is 30.6 Å². The van der Waals surface area contributed by atoms with E-state index < -0.39 is 11.7 Å². The number of halogens is 3. The molecule has 0 saturated heterocycles. The number of benzene rings is 1. The van der Waals surface area contributed by atoms with Gasteiger partial charge in [0.15, 0.2) is 0 Å². The van der Waals surface area contributed by atoms with Crippen molar-refractivity contribution in [2.45, 2.75) is 19.3 Å². The maximum absolute atomic E-state index is 12.5. The smallest absolute Gasteiger partial charge is 0.419 e. The molecule has 1 heterocycles. The highest BCUT2D eigenvalue weighted by molar-refractivity contribution is 5.37. The van der Waals surface area contributed by atoms with E-state index in [-0.39, 0.29) is 6.54 Å². The summed E-state index contributed by atoms with van der Waals surface area (Å²) in [7, 11) is 1.54. The fraction of sp³-hybridized carbons (Fsp3) is 0.308. The van der Waals surface area contributed by atoms with Crippen LogP contribution in [0.25, 0.3) is 0 Å². The van der Waals surface area contributed by atoms with Crippen molar-refractivity contribution in [2.24, 2.45) is 5.73 Å². The van der Waals surface area contributed by atoms with Crippen molar-refractivity contribution in [3.8, 4) is 5.75 Å². The van der Waals surface area contributed by atoms with E-state index in [0.29, 0.717) is 12.3 Å². The molecule has 0 saturated carbocycles. The van der Waals surface area contributed by atoms with E-state index in [2.05, 4.69) is 5.10 Å². The van der Waals surface area contributed by atoms with Gasteiger partial charge >= 0.3 is 6.18 Å². The topological polar surface area (TPSA) is 53.1 Å². The molecular weight excluding hydrogens is 271 g/mol. The highest BCUT2D eigenvalue weighted by Crippen LogP contribution is 2.28. The molecule has 1 aromatic heterocycles. The molecule has 0 amide bonds. The molecule has 2 aromatic rings. The maximum atomic E-state index is 12.5. The summed E-state index contributed by atoms with van der Waals surface area (Å²) in [5.74, 6) is 0.660. The number of nitrogens with two attached hydrogens (primary N) is 1. The Labute approximate surface area is 114 Å². The summed E-state index contributed by atoms with van der Waals surface area (Å²) in [6.45, 7) is 0.539. The van der Waals surface area contributed by atoms with Gasteiger partial charge in [-0.25, -0.2) is 0 Å². The number of hydrogen-bond donors (Lipinski definition) is 1. The van der Waals surface area contributed by atoms with Gasteiger partial charge in [0, 0.05) is 18.3 Å². The van der Waals surface area contributed by atoms with E-state index in [1.165, 1.54) is 11.8 Å². The zero-order chi connectivity index (χ0) is 14.8. The predicted octanol–water partition coefficient (Wildman–Crippen LogP) is 2.42. The van der Waals surface area contributed by atoms with Crippen LogP contribution in [0.1, 0.15) is 16.7 Å². The number of rotatable bonds is 4. The lowest BCUT2D eigenvalue weighted by atomic mass is 10.1. The summed E-state index contributed by atoms with van der Waals surface area (Å²) >= 11 is 0. The van der Waals surface area contributed by atoms with E-state index in [0.717, 1.165) is 23.5 Å². The van der Waals surface area contributed by atoms with Gasteiger partial charge in [0.05, 0.1) is 25.4 Å². The van der Waals surface area contributed by atoms with Crippen LogP contribution >= 0.6 is 0 Å². The van der Waals surface area contributed by atoms with Crippen LogP contribution < -0.4 is 10.5 Å². The summed E-state index contributed by atoms with van der Waals surface area (Å²) in [4.78, 5) is 0. The molecule has 0 fully saturated rings. The molecule has 0 aliphatic rings. The second kappa shape index (κ2) is 5.54. The summed E-state index contributed by atoms with van der Waals surface area (Å²) in [6.07, 6.45) is -2.58. The molecule has 0 aliphatic heterocycles. The van der Waals surface area contributed by atoms with Gasteiger partial charge in [-0.3, -0.25) is 4.68 Å². The Morgan fingerprint density at radius 1 is 1.35 bits per heavy atom. The number of methoxy groups -OCH3 is 1. The van der Waals surface area contributed by atoms with Gasteiger partial charge in [-0.15, -0.1) is 0 Å². The van der Waals surface area contributed by atoms with Gasteiger partial charge in [-0.1, -0.05) is 6.07 Å². The van der Waals surface area contributed by atoms with Crippen molar-refractivity contribution < 1.29 is 17.9 Å². The summed E-state index contributed by atoms with van der Waals surface area (Å²) < 4.78 is 43.8. The minimum absolute atomic E-state index is 0.243. The van der Waals surface area contributed by atoms with Crippen LogP contribution in [0.3, 0.4) is 0 Å². The Bertz CT molecular complexity index is 593. The van der Waals surface area contributed by atoms with Crippen LogP contribution in [0.4, 0.5) is 13.2 Å².